The lowest BCUT2D eigenvalue weighted by molar-refractivity contribution is -0.113. The Balaban J connectivity index is 1.27. The molecule has 1 heterocycles. The van der Waals surface area contributed by atoms with E-state index in [1.807, 2.05) is 31.2 Å². The summed E-state index contributed by atoms with van der Waals surface area (Å²) in [5.74, 6) is 4.02. The van der Waals surface area contributed by atoms with Crippen molar-refractivity contribution >= 4 is 35.0 Å². The summed E-state index contributed by atoms with van der Waals surface area (Å²) in [6.45, 7) is 6.51. The van der Waals surface area contributed by atoms with Crippen molar-refractivity contribution in [1.29, 1.82) is 0 Å². The SMILES string of the molecule is C=CCn1c(CC23CC4CC(CC(C4)C2)C3)nnc1SCC(=O)Nc1cccc(Cl)c1C. The number of halogens is 1. The van der Waals surface area contributed by atoms with Gasteiger partial charge in [0.2, 0.25) is 5.91 Å². The Morgan fingerprint density at radius 1 is 1.25 bits per heavy atom. The molecule has 1 aromatic heterocycles. The van der Waals surface area contributed by atoms with E-state index in [1.165, 1.54) is 50.3 Å². The van der Waals surface area contributed by atoms with E-state index in [0.29, 0.717) is 17.0 Å². The van der Waals surface area contributed by atoms with Gasteiger partial charge in [-0.1, -0.05) is 35.5 Å². The maximum Gasteiger partial charge on any atom is 0.234 e. The van der Waals surface area contributed by atoms with Crippen molar-refractivity contribution in [3.63, 3.8) is 0 Å². The van der Waals surface area contributed by atoms with E-state index in [9.17, 15) is 4.79 Å². The third-order valence-corrected chi connectivity index (χ3v) is 9.05. The van der Waals surface area contributed by atoms with E-state index in [2.05, 4.69) is 26.7 Å². The first-order chi connectivity index (χ1) is 15.4. The molecule has 6 rings (SSSR count). The second-order valence-corrected chi connectivity index (χ2v) is 11.5. The molecule has 0 radical (unpaired) electrons. The lowest BCUT2D eigenvalue weighted by Crippen LogP contribution is -2.47. The Labute approximate surface area is 199 Å². The van der Waals surface area contributed by atoms with Gasteiger partial charge in [-0.05, 0) is 86.3 Å². The molecule has 4 saturated carbocycles. The minimum absolute atomic E-state index is 0.0730. The van der Waals surface area contributed by atoms with Gasteiger partial charge in [-0.2, -0.15) is 0 Å². The lowest BCUT2D eigenvalue weighted by Gasteiger charge is -2.56. The van der Waals surface area contributed by atoms with Gasteiger partial charge in [-0.15, -0.1) is 16.8 Å². The summed E-state index contributed by atoms with van der Waals surface area (Å²) in [7, 11) is 0. The molecule has 4 bridgehead atoms. The normalized spacial score (nSPS) is 28.1. The van der Waals surface area contributed by atoms with Crippen LogP contribution in [-0.2, 0) is 17.8 Å². The zero-order valence-corrected chi connectivity index (χ0v) is 20.2. The zero-order valence-electron chi connectivity index (χ0n) is 18.6. The molecule has 5 nitrogen and oxygen atoms in total. The fraction of sp³-hybridized carbons (Fsp3) is 0.560. The van der Waals surface area contributed by atoms with Gasteiger partial charge in [0, 0.05) is 23.7 Å². The highest BCUT2D eigenvalue weighted by atomic mass is 35.5. The smallest absolute Gasteiger partial charge is 0.234 e. The maximum atomic E-state index is 12.6. The molecule has 0 unspecified atom stereocenters. The number of nitrogens with zero attached hydrogens (tertiary/aromatic N) is 3. The second-order valence-electron chi connectivity index (χ2n) is 10.1. The van der Waals surface area contributed by atoms with Crippen molar-refractivity contribution in [2.75, 3.05) is 11.1 Å². The van der Waals surface area contributed by atoms with Gasteiger partial charge in [0.05, 0.1) is 5.75 Å². The van der Waals surface area contributed by atoms with E-state index >= 15 is 0 Å². The third-order valence-electron chi connectivity index (χ3n) is 7.68. The summed E-state index contributed by atoms with van der Waals surface area (Å²) in [4.78, 5) is 12.6. The number of carbonyl (C=O) groups excluding carboxylic acids is 1. The van der Waals surface area contributed by atoms with Gasteiger partial charge in [0.1, 0.15) is 5.82 Å². The van der Waals surface area contributed by atoms with Gasteiger partial charge < -0.3 is 9.88 Å². The largest absolute Gasteiger partial charge is 0.325 e. The Bertz CT molecular complexity index is 998. The molecule has 4 aliphatic carbocycles. The highest BCUT2D eigenvalue weighted by Crippen LogP contribution is 2.61. The molecule has 0 atom stereocenters. The monoisotopic (exact) mass is 470 g/mol. The Morgan fingerprint density at radius 3 is 2.59 bits per heavy atom. The van der Waals surface area contributed by atoms with Crippen LogP contribution < -0.4 is 5.32 Å². The van der Waals surface area contributed by atoms with Crippen LogP contribution in [0.4, 0.5) is 5.69 Å². The van der Waals surface area contributed by atoms with E-state index in [4.69, 9.17) is 11.6 Å². The number of carbonyl (C=O) groups is 1. The number of hydrogen-bond acceptors (Lipinski definition) is 4. The molecule has 170 valence electrons. The fourth-order valence-corrected chi connectivity index (χ4v) is 7.71. The Morgan fingerprint density at radius 2 is 1.94 bits per heavy atom. The molecule has 1 N–H and O–H groups in total. The number of aromatic nitrogens is 3. The molecular formula is C25H31ClN4OS. The number of anilines is 1. The minimum Gasteiger partial charge on any atom is -0.325 e. The lowest BCUT2D eigenvalue weighted by atomic mass is 9.49. The number of allylic oxidation sites excluding steroid dienone is 1. The molecule has 1 amide bonds. The van der Waals surface area contributed by atoms with Crippen molar-refractivity contribution in [1.82, 2.24) is 14.8 Å². The quantitative estimate of drug-likeness (QED) is 0.384. The summed E-state index contributed by atoms with van der Waals surface area (Å²) in [6, 6.07) is 5.54. The van der Waals surface area contributed by atoms with E-state index < -0.39 is 0 Å². The van der Waals surface area contributed by atoms with Crippen LogP contribution in [0.1, 0.15) is 49.9 Å². The van der Waals surface area contributed by atoms with Crippen molar-refractivity contribution in [3.05, 3.63) is 47.3 Å². The number of benzene rings is 1. The number of amides is 1. The molecule has 1 aromatic carbocycles. The predicted octanol–water partition coefficient (Wildman–Crippen LogP) is 5.92. The summed E-state index contributed by atoms with van der Waals surface area (Å²) < 4.78 is 2.16. The number of nitrogens with one attached hydrogen (secondary N) is 1. The Kier molecular flexibility index (Phi) is 6.10. The van der Waals surface area contributed by atoms with Crippen molar-refractivity contribution < 1.29 is 4.79 Å². The molecule has 0 saturated heterocycles. The fourth-order valence-electron chi connectivity index (χ4n) is 6.77. The molecule has 7 heteroatoms. The van der Waals surface area contributed by atoms with Crippen LogP contribution in [0.5, 0.6) is 0 Å². The first-order valence-corrected chi connectivity index (χ1v) is 13.0. The van der Waals surface area contributed by atoms with Crippen molar-refractivity contribution in [2.24, 2.45) is 23.2 Å². The number of rotatable bonds is 8. The van der Waals surface area contributed by atoms with Gasteiger partial charge in [-0.3, -0.25) is 4.79 Å². The van der Waals surface area contributed by atoms with E-state index in [0.717, 1.165) is 46.4 Å². The van der Waals surface area contributed by atoms with Gasteiger partial charge >= 0.3 is 0 Å². The van der Waals surface area contributed by atoms with E-state index in [-0.39, 0.29) is 11.7 Å². The standard InChI is InChI=1S/C25H31ClN4OS/c1-3-7-30-22(14-25-11-17-8-18(12-25)10-19(9-17)13-25)28-29-24(30)32-15-23(31)27-21-6-4-5-20(26)16(21)2/h3-6,17-19H,1,7-15H2,2H3,(H,27,31). The van der Waals surface area contributed by atoms with Gasteiger partial charge in [0.25, 0.3) is 0 Å². The minimum atomic E-state index is -0.0730. The first-order valence-electron chi connectivity index (χ1n) is 11.7. The molecule has 4 fully saturated rings. The van der Waals surface area contributed by atoms with Crippen LogP contribution in [0, 0.1) is 30.1 Å². The average molecular weight is 471 g/mol. The van der Waals surface area contributed by atoms with Crippen LogP contribution in [0.2, 0.25) is 5.02 Å². The van der Waals surface area contributed by atoms with Gasteiger partial charge in [0.15, 0.2) is 5.16 Å². The summed E-state index contributed by atoms with van der Waals surface area (Å²) >= 11 is 7.60. The number of hydrogen-bond donors (Lipinski definition) is 1. The highest BCUT2D eigenvalue weighted by Gasteiger charge is 2.51. The van der Waals surface area contributed by atoms with Crippen LogP contribution in [0.3, 0.4) is 0 Å². The van der Waals surface area contributed by atoms with Crippen LogP contribution in [-0.4, -0.2) is 26.4 Å². The molecular weight excluding hydrogens is 440 g/mol. The zero-order chi connectivity index (χ0) is 22.3. The molecule has 32 heavy (non-hydrogen) atoms. The van der Waals surface area contributed by atoms with Crippen LogP contribution in [0.25, 0.3) is 0 Å². The maximum absolute atomic E-state index is 12.6. The van der Waals surface area contributed by atoms with Crippen molar-refractivity contribution in [2.45, 2.75) is 63.6 Å². The molecule has 2 aromatic rings. The first kappa shape index (κ1) is 22.0. The van der Waals surface area contributed by atoms with Crippen LogP contribution >= 0.6 is 23.4 Å². The predicted molar refractivity (Wildman–Crippen MR) is 130 cm³/mol. The number of thioether (sulfide) groups is 1. The third kappa shape index (κ3) is 4.36. The summed E-state index contributed by atoms with van der Waals surface area (Å²) in [5, 5.41) is 13.5. The van der Waals surface area contributed by atoms with E-state index in [1.54, 1.807) is 0 Å². The summed E-state index contributed by atoms with van der Waals surface area (Å²) in [5.41, 5.74) is 2.03. The van der Waals surface area contributed by atoms with Crippen molar-refractivity contribution in [3.8, 4) is 0 Å². The van der Waals surface area contributed by atoms with Gasteiger partial charge in [-0.25, -0.2) is 0 Å². The van der Waals surface area contributed by atoms with Crippen LogP contribution in [0.15, 0.2) is 36.0 Å². The molecule has 4 aliphatic rings. The molecule has 0 aliphatic heterocycles. The highest BCUT2D eigenvalue weighted by molar-refractivity contribution is 7.99. The second kappa shape index (κ2) is 8.86. The Hall–Kier alpha value is -1.79. The topological polar surface area (TPSA) is 59.8 Å². The summed E-state index contributed by atoms with van der Waals surface area (Å²) in [6.07, 6.45) is 11.3. The molecule has 0 spiro atoms. The average Bonchev–Trinajstić information content (AvgIpc) is 3.10.